The lowest BCUT2D eigenvalue weighted by Crippen LogP contribution is -2.42. The lowest BCUT2D eigenvalue weighted by molar-refractivity contribution is -0.139. The summed E-state index contributed by atoms with van der Waals surface area (Å²) < 4.78 is 5.65. The van der Waals surface area contributed by atoms with Crippen molar-refractivity contribution in [2.75, 3.05) is 6.54 Å². The van der Waals surface area contributed by atoms with Crippen LogP contribution in [0.15, 0.2) is 48.8 Å². The molecule has 0 saturated carbocycles. The average Bonchev–Trinajstić information content (AvgIpc) is 3.87. The van der Waals surface area contributed by atoms with E-state index >= 15 is 0 Å². The van der Waals surface area contributed by atoms with Crippen molar-refractivity contribution in [1.82, 2.24) is 29.7 Å². The van der Waals surface area contributed by atoms with Gasteiger partial charge in [0.2, 0.25) is 5.91 Å². The Morgan fingerprint density at radius 3 is 2.36 bits per heavy atom. The fraction of sp³-hybridized carbons (Fsp3) is 0.463. The second kappa shape index (κ2) is 13.7. The van der Waals surface area contributed by atoms with E-state index in [1.54, 1.807) is 11.1 Å². The number of benzene rings is 2. The van der Waals surface area contributed by atoms with Crippen molar-refractivity contribution in [2.24, 2.45) is 23.7 Å². The third kappa shape index (κ3) is 7.14. The van der Waals surface area contributed by atoms with Crippen LogP contribution in [0.3, 0.4) is 0 Å². The van der Waals surface area contributed by atoms with Gasteiger partial charge in [-0.1, -0.05) is 51.8 Å². The van der Waals surface area contributed by atoms with Gasteiger partial charge in [0.15, 0.2) is 0 Å². The predicted molar refractivity (Wildman–Crippen MR) is 196 cm³/mol. The number of hydrogen-bond acceptors (Lipinski definition) is 5. The van der Waals surface area contributed by atoms with Crippen molar-refractivity contribution in [1.29, 1.82) is 0 Å². The Morgan fingerprint density at radius 1 is 0.940 bits per heavy atom. The minimum atomic E-state index is -0.560. The Hall–Kier alpha value is -5.02. The van der Waals surface area contributed by atoms with E-state index in [-0.39, 0.29) is 47.9 Å². The van der Waals surface area contributed by atoms with Gasteiger partial charge in [-0.25, -0.2) is 14.8 Å². The molecule has 260 valence electrons. The third-order valence-electron chi connectivity index (χ3n) is 10.1. The fourth-order valence-electron chi connectivity index (χ4n) is 7.03. The SMILES string of the molecule is C#C[C@@H]1C[C@@H](c2ncc(-c3ccc4cc(C#Cc5cnc([C@@H]6C[C@@H](C)CN6C(=O)OC(C)(C)C)[nH]5)ccc4c3)[nH]2)N(C(=O)[C@@H](C)C(C)C)[C@@H]1C. The van der Waals surface area contributed by atoms with Crippen molar-refractivity contribution in [3.63, 3.8) is 0 Å². The second-order valence-electron chi connectivity index (χ2n) is 15.4. The molecule has 4 aromatic rings. The van der Waals surface area contributed by atoms with Crippen molar-refractivity contribution >= 4 is 22.8 Å². The molecule has 6 rings (SSSR count). The third-order valence-corrected chi connectivity index (χ3v) is 10.1. The number of H-pyrrole nitrogens is 2. The van der Waals surface area contributed by atoms with Crippen LogP contribution < -0.4 is 0 Å². The van der Waals surface area contributed by atoms with Crippen LogP contribution in [0.25, 0.3) is 22.0 Å². The second-order valence-corrected chi connectivity index (χ2v) is 15.4. The van der Waals surface area contributed by atoms with E-state index in [4.69, 9.17) is 16.1 Å². The molecule has 0 radical (unpaired) electrons. The van der Waals surface area contributed by atoms with Crippen LogP contribution in [0, 0.1) is 47.9 Å². The number of aromatic nitrogens is 4. The van der Waals surface area contributed by atoms with Crippen molar-refractivity contribution in [3.05, 3.63) is 71.7 Å². The monoisotopic (exact) mass is 672 g/mol. The number of carbonyl (C=O) groups is 2. The first kappa shape index (κ1) is 34.8. The van der Waals surface area contributed by atoms with E-state index < -0.39 is 5.60 Å². The van der Waals surface area contributed by atoms with Gasteiger partial charge in [-0.15, -0.1) is 12.3 Å². The quantitative estimate of drug-likeness (QED) is 0.210. The van der Waals surface area contributed by atoms with Gasteiger partial charge in [0, 0.05) is 35.5 Å². The maximum absolute atomic E-state index is 13.5. The van der Waals surface area contributed by atoms with E-state index in [9.17, 15) is 9.59 Å². The molecule has 2 amide bonds. The van der Waals surface area contributed by atoms with E-state index in [2.05, 4.69) is 83.8 Å². The number of nitrogens with zero attached hydrogens (tertiary/aromatic N) is 4. The number of aromatic amines is 2. The first-order chi connectivity index (χ1) is 23.7. The molecule has 0 unspecified atom stereocenters. The maximum atomic E-state index is 13.5. The summed E-state index contributed by atoms with van der Waals surface area (Å²) in [6.45, 7) is 16.6. The summed E-state index contributed by atoms with van der Waals surface area (Å²) in [5.41, 5.74) is 2.92. The van der Waals surface area contributed by atoms with Crippen LogP contribution in [0.4, 0.5) is 4.79 Å². The van der Waals surface area contributed by atoms with Crippen molar-refractivity contribution in [2.45, 2.75) is 92.0 Å². The zero-order chi connectivity index (χ0) is 35.9. The Labute approximate surface area is 295 Å². The molecule has 2 fully saturated rings. The molecular formula is C41H48N6O3. The van der Waals surface area contributed by atoms with Crippen molar-refractivity contribution < 1.29 is 14.3 Å². The summed E-state index contributed by atoms with van der Waals surface area (Å²) in [5.74, 6) is 11.5. The van der Waals surface area contributed by atoms with Crippen LogP contribution in [-0.2, 0) is 9.53 Å². The molecule has 6 atom stereocenters. The molecule has 0 spiro atoms. The molecule has 9 nitrogen and oxygen atoms in total. The smallest absolute Gasteiger partial charge is 0.410 e. The van der Waals surface area contributed by atoms with Gasteiger partial charge in [-0.05, 0) is 87.3 Å². The molecule has 2 saturated heterocycles. The average molecular weight is 673 g/mol. The number of imidazole rings is 2. The summed E-state index contributed by atoms with van der Waals surface area (Å²) in [5, 5.41) is 2.15. The minimum absolute atomic E-state index is 0.0178. The number of ether oxygens (including phenoxy) is 1. The maximum Gasteiger partial charge on any atom is 0.410 e. The molecule has 2 aromatic carbocycles. The summed E-state index contributed by atoms with van der Waals surface area (Å²) in [7, 11) is 0. The number of terminal acetylenes is 1. The molecule has 2 aliphatic heterocycles. The van der Waals surface area contributed by atoms with Gasteiger partial charge < -0.3 is 19.6 Å². The minimum Gasteiger partial charge on any atom is -0.444 e. The summed E-state index contributed by atoms with van der Waals surface area (Å²) >= 11 is 0. The highest BCUT2D eigenvalue weighted by Gasteiger charge is 2.44. The highest BCUT2D eigenvalue weighted by molar-refractivity contribution is 5.88. The topological polar surface area (TPSA) is 107 Å². The number of rotatable bonds is 5. The van der Waals surface area contributed by atoms with E-state index in [1.165, 1.54) is 0 Å². The van der Waals surface area contributed by atoms with Crippen LogP contribution in [0.5, 0.6) is 0 Å². The van der Waals surface area contributed by atoms with Gasteiger partial charge in [0.1, 0.15) is 22.9 Å². The first-order valence-electron chi connectivity index (χ1n) is 17.7. The molecule has 0 aliphatic carbocycles. The largest absolute Gasteiger partial charge is 0.444 e. The number of amides is 2. The molecule has 50 heavy (non-hydrogen) atoms. The number of nitrogens with one attached hydrogen (secondary N) is 2. The van der Waals surface area contributed by atoms with E-state index in [0.717, 1.165) is 45.7 Å². The van der Waals surface area contributed by atoms with Crippen LogP contribution >= 0.6 is 0 Å². The lowest BCUT2D eigenvalue weighted by atomic mass is 9.95. The fourth-order valence-corrected chi connectivity index (χ4v) is 7.03. The zero-order valence-corrected chi connectivity index (χ0v) is 30.4. The highest BCUT2D eigenvalue weighted by Crippen LogP contribution is 2.41. The van der Waals surface area contributed by atoms with Gasteiger partial charge in [-0.2, -0.15) is 0 Å². The van der Waals surface area contributed by atoms with E-state index in [0.29, 0.717) is 24.6 Å². The number of fused-ring (bicyclic) bond motifs is 1. The first-order valence-corrected chi connectivity index (χ1v) is 17.7. The molecule has 9 heteroatoms. The molecule has 2 aromatic heterocycles. The van der Waals surface area contributed by atoms with Crippen LogP contribution in [-0.4, -0.2) is 59.9 Å². The summed E-state index contributed by atoms with van der Waals surface area (Å²) in [6, 6.07) is 12.0. The number of carbonyl (C=O) groups excluding carboxylic acids is 2. The van der Waals surface area contributed by atoms with Crippen LogP contribution in [0.1, 0.15) is 103 Å². The van der Waals surface area contributed by atoms with Gasteiger partial charge in [0.25, 0.3) is 0 Å². The Bertz CT molecular complexity index is 2000. The normalized spacial score (nSPS) is 22.8. The Balaban J connectivity index is 1.17. The zero-order valence-electron chi connectivity index (χ0n) is 30.4. The predicted octanol–water partition coefficient (Wildman–Crippen LogP) is 7.87. The van der Waals surface area contributed by atoms with E-state index in [1.807, 2.05) is 51.8 Å². The Kier molecular flexibility index (Phi) is 9.55. The molecule has 2 N–H and O–H groups in total. The molecule has 2 aliphatic rings. The van der Waals surface area contributed by atoms with Gasteiger partial charge >= 0.3 is 6.09 Å². The summed E-state index contributed by atoms with van der Waals surface area (Å²) in [4.78, 5) is 46.3. The van der Waals surface area contributed by atoms with Gasteiger partial charge in [-0.3, -0.25) is 9.69 Å². The Morgan fingerprint density at radius 2 is 1.64 bits per heavy atom. The number of hydrogen-bond donors (Lipinski definition) is 2. The molecule has 0 bridgehead atoms. The van der Waals surface area contributed by atoms with Crippen molar-refractivity contribution in [3.8, 4) is 35.4 Å². The van der Waals surface area contributed by atoms with Gasteiger partial charge in [0.05, 0.1) is 30.2 Å². The highest BCUT2D eigenvalue weighted by atomic mass is 16.6. The van der Waals surface area contributed by atoms with Crippen LogP contribution in [0.2, 0.25) is 0 Å². The summed E-state index contributed by atoms with van der Waals surface area (Å²) in [6.07, 6.45) is 10.6. The lowest BCUT2D eigenvalue weighted by Gasteiger charge is -2.31. The standard InChI is InChI=1S/C41H48N6O3/c1-10-29-20-36(47(27(29)6)39(48)26(5)24(2)3)38-43-22-34(45-38)32-15-14-30-18-28(11-13-31(30)19-32)12-16-33-21-42-37(44-33)35-17-25(4)23-46(35)40(49)50-41(7,8)9/h1,11,13-15,18-19,21-22,24-27,29,35-36H,17,20,23H2,2-9H3,(H,42,44)(H,43,45)/t25-,26+,27-,29-,35+,36+/m1/s1. The number of likely N-dealkylation sites (tertiary alicyclic amines) is 2. The molecule has 4 heterocycles. The molecular weight excluding hydrogens is 624 g/mol.